The largest absolute Gasteiger partial charge is 0.449 e. The van der Waals surface area contributed by atoms with Gasteiger partial charge in [0.05, 0.1) is 6.61 Å². The minimum atomic E-state index is -0.256. The fourth-order valence-electron chi connectivity index (χ4n) is 2.29. The highest BCUT2D eigenvalue weighted by Gasteiger charge is 2.25. The Kier molecular flexibility index (Phi) is 6.30. The molecule has 122 valence electrons. The van der Waals surface area contributed by atoms with Crippen molar-refractivity contribution in [2.45, 2.75) is 38.6 Å². The van der Waals surface area contributed by atoms with Gasteiger partial charge in [-0.3, -0.25) is 4.79 Å². The number of furan rings is 1. The van der Waals surface area contributed by atoms with E-state index < -0.39 is 0 Å². The Morgan fingerprint density at radius 2 is 2.14 bits per heavy atom. The number of nitrogens with one attached hydrogen (secondary N) is 1. The third kappa shape index (κ3) is 4.76. The van der Waals surface area contributed by atoms with Gasteiger partial charge in [0.1, 0.15) is 0 Å². The number of likely N-dealkylation sites (tertiary alicyclic amines) is 1. The number of unbranched alkanes of at least 4 members (excludes halogenated alkanes) is 1. The van der Waals surface area contributed by atoms with Crippen molar-refractivity contribution in [3.63, 3.8) is 0 Å². The van der Waals surface area contributed by atoms with E-state index in [9.17, 15) is 9.59 Å². The second-order valence-electron chi connectivity index (χ2n) is 5.31. The Hall–Kier alpha value is -1.50. The molecule has 1 aromatic heterocycles. The number of nitrogens with zero attached hydrogens (tertiary/aromatic N) is 1. The predicted molar refractivity (Wildman–Crippen MR) is 84.7 cm³/mol. The highest BCUT2D eigenvalue weighted by atomic mass is 79.9. The zero-order chi connectivity index (χ0) is 15.9. The first-order valence-electron chi connectivity index (χ1n) is 7.58. The second-order valence-corrected chi connectivity index (χ2v) is 6.09. The molecule has 1 N–H and O–H groups in total. The number of piperidine rings is 1. The third-order valence-electron chi connectivity index (χ3n) is 3.61. The van der Waals surface area contributed by atoms with Gasteiger partial charge in [-0.25, -0.2) is 4.79 Å². The first kappa shape index (κ1) is 16.9. The molecule has 22 heavy (non-hydrogen) atoms. The SMILES string of the molecule is CCCCOC(=O)N1CCC(NC(=O)c2ccc(Br)o2)CC1. The summed E-state index contributed by atoms with van der Waals surface area (Å²) in [6.07, 6.45) is 3.07. The van der Waals surface area contributed by atoms with E-state index in [-0.39, 0.29) is 23.8 Å². The number of ether oxygens (including phenoxy) is 1. The van der Waals surface area contributed by atoms with Crippen LogP contribution < -0.4 is 5.32 Å². The van der Waals surface area contributed by atoms with E-state index in [2.05, 4.69) is 28.2 Å². The molecule has 0 radical (unpaired) electrons. The number of halogens is 1. The molecule has 1 aliphatic rings. The summed E-state index contributed by atoms with van der Waals surface area (Å²) in [7, 11) is 0. The minimum absolute atomic E-state index is 0.0519. The highest BCUT2D eigenvalue weighted by Crippen LogP contribution is 2.16. The lowest BCUT2D eigenvalue weighted by atomic mass is 10.1. The van der Waals surface area contributed by atoms with Crippen molar-refractivity contribution in [3.8, 4) is 0 Å². The van der Waals surface area contributed by atoms with E-state index in [0.717, 1.165) is 25.7 Å². The maximum atomic E-state index is 12.0. The lowest BCUT2D eigenvalue weighted by molar-refractivity contribution is 0.0820. The molecule has 0 aliphatic carbocycles. The van der Waals surface area contributed by atoms with Crippen LogP contribution in [0.15, 0.2) is 21.2 Å². The van der Waals surface area contributed by atoms with Gasteiger partial charge in [0, 0.05) is 19.1 Å². The Morgan fingerprint density at radius 1 is 1.41 bits per heavy atom. The van der Waals surface area contributed by atoms with E-state index in [1.807, 2.05) is 0 Å². The maximum Gasteiger partial charge on any atom is 0.409 e. The van der Waals surface area contributed by atoms with Gasteiger partial charge in [-0.15, -0.1) is 0 Å². The van der Waals surface area contributed by atoms with Crippen LogP contribution in [0.1, 0.15) is 43.2 Å². The summed E-state index contributed by atoms with van der Waals surface area (Å²) in [5.74, 6) is 0.0583. The molecule has 2 heterocycles. The van der Waals surface area contributed by atoms with Gasteiger partial charge in [-0.2, -0.15) is 0 Å². The standard InChI is InChI=1S/C15H21BrN2O4/c1-2-3-10-21-15(20)18-8-6-11(7-9-18)17-14(19)12-4-5-13(16)22-12/h4-5,11H,2-3,6-10H2,1H3,(H,17,19). The molecule has 2 amide bonds. The van der Waals surface area contributed by atoms with Crippen LogP contribution in [-0.2, 0) is 4.74 Å². The summed E-state index contributed by atoms with van der Waals surface area (Å²) in [5.41, 5.74) is 0. The molecule has 0 aromatic carbocycles. The summed E-state index contributed by atoms with van der Waals surface area (Å²) in [6, 6.07) is 3.36. The molecule has 1 saturated heterocycles. The highest BCUT2D eigenvalue weighted by molar-refractivity contribution is 9.10. The Bertz CT molecular complexity index is 509. The number of hydrogen-bond acceptors (Lipinski definition) is 4. The summed E-state index contributed by atoms with van der Waals surface area (Å²) in [6.45, 7) is 3.72. The zero-order valence-corrected chi connectivity index (χ0v) is 14.2. The first-order chi connectivity index (χ1) is 10.6. The van der Waals surface area contributed by atoms with Gasteiger partial charge < -0.3 is 19.4 Å². The fraction of sp³-hybridized carbons (Fsp3) is 0.600. The molecular formula is C15H21BrN2O4. The van der Waals surface area contributed by atoms with Gasteiger partial charge in [-0.05, 0) is 47.3 Å². The molecule has 0 saturated carbocycles. The van der Waals surface area contributed by atoms with Crippen LogP contribution in [0.3, 0.4) is 0 Å². The summed E-state index contributed by atoms with van der Waals surface area (Å²) in [5, 5.41) is 2.93. The normalized spacial score (nSPS) is 15.6. The second kappa shape index (κ2) is 8.22. The van der Waals surface area contributed by atoms with Crippen LogP contribution in [0.2, 0.25) is 0 Å². The van der Waals surface area contributed by atoms with Gasteiger partial charge in [0.15, 0.2) is 10.4 Å². The first-order valence-corrected chi connectivity index (χ1v) is 8.37. The van der Waals surface area contributed by atoms with Crippen LogP contribution in [0.4, 0.5) is 4.79 Å². The van der Waals surface area contributed by atoms with Gasteiger partial charge in [0.2, 0.25) is 0 Å². The van der Waals surface area contributed by atoms with E-state index in [1.54, 1.807) is 17.0 Å². The van der Waals surface area contributed by atoms with Crippen molar-refractivity contribution in [3.05, 3.63) is 22.6 Å². The summed E-state index contributed by atoms with van der Waals surface area (Å²) >= 11 is 3.17. The molecule has 7 heteroatoms. The summed E-state index contributed by atoms with van der Waals surface area (Å²) in [4.78, 5) is 25.5. The molecule has 0 atom stereocenters. The number of hydrogen-bond donors (Lipinski definition) is 1. The van der Waals surface area contributed by atoms with Crippen LogP contribution in [0.5, 0.6) is 0 Å². The number of amides is 2. The van der Waals surface area contributed by atoms with Crippen molar-refractivity contribution in [1.82, 2.24) is 10.2 Å². The van der Waals surface area contributed by atoms with Crippen molar-refractivity contribution in [2.24, 2.45) is 0 Å². The number of rotatable bonds is 5. The Labute approximate surface area is 138 Å². The molecule has 1 aliphatic heterocycles. The number of carbonyl (C=O) groups excluding carboxylic acids is 2. The van der Waals surface area contributed by atoms with Crippen LogP contribution >= 0.6 is 15.9 Å². The average Bonchev–Trinajstić information content (AvgIpc) is 2.95. The van der Waals surface area contributed by atoms with Crippen molar-refractivity contribution in [2.75, 3.05) is 19.7 Å². The minimum Gasteiger partial charge on any atom is -0.449 e. The van der Waals surface area contributed by atoms with E-state index in [1.165, 1.54) is 0 Å². The Morgan fingerprint density at radius 3 is 2.73 bits per heavy atom. The van der Waals surface area contributed by atoms with Crippen LogP contribution in [0, 0.1) is 0 Å². The molecule has 1 aromatic rings. The van der Waals surface area contributed by atoms with Gasteiger partial charge >= 0.3 is 6.09 Å². The molecule has 0 unspecified atom stereocenters. The fourth-order valence-corrected chi connectivity index (χ4v) is 2.60. The Balaban J connectivity index is 1.73. The van der Waals surface area contributed by atoms with Crippen molar-refractivity contribution < 1.29 is 18.7 Å². The monoisotopic (exact) mass is 372 g/mol. The smallest absolute Gasteiger partial charge is 0.409 e. The van der Waals surface area contributed by atoms with Gasteiger partial charge in [-0.1, -0.05) is 13.3 Å². The quantitative estimate of drug-likeness (QED) is 0.805. The van der Waals surface area contributed by atoms with E-state index >= 15 is 0 Å². The summed E-state index contributed by atoms with van der Waals surface area (Å²) < 4.78 is 10.9. The molecule has 1 fully saturated rings. The average molecular weight is 373 g/mol. The zero-order valence-electron chi connectivity index (χ0n) is 12.6. The predicted octanol–water partition coefficient (Wildman–Crippen LogP) is 3.17. The molecular weight excluding hydrogens is 352 g/mol. The van der Waals surface area contributed by atoms with Crippen molar-refractivity contribution >= 4 is 27.9 Å². The van der Waals surface area contributed by atoms with Crippen molar-refractivity contribution in [1.29, 1.82) is 0 Å². The van der Waals surface area contributed by atoms with E-state index in [0.29, 0.717) is 24.4 Å². The maximum absolute atomic E-state index is 12.0. The molecule has 0 spiro atoms. The topological polar surface area (TPSA) is 71.8 Å². The van der Waals surface area contributed by atoms with E-state index in [4.69, 9.17) is 9.15 Å². The lowest BCUT2D eigenvalue weighted by Gasteiger charge is -2.31. The molecule has 2 rings (SSSR count). The van der Waals surface area contributed by atoms with Crippen LogP contribution in [0.25, 0.3) is 0 Å². The van der Waals surface area contributed by atoms with Crippen LogP contribution in [-0.4, -0.2) is 42.6 Å². The lowest BCUT2D eigenvalue weighted by Crippen LogP contribution is -2.46. The molecule has 0 bridgehead atoms. The third-order valence-corrected chi connectivity index (χ3v) is 4.03. The molecule has 6 nitrogen and oxygen atoms in total. The number of carbonyl (C=O) groups is 2. The van der Waals surface area contributed by atoms with Gasteiger partial charge in [0.25, 0.3) is 5.91 Å².